The van der Waals surface area contributed by atoms with Gasteiger partial charge in [-0.05, 0) is 49.9 Å². The molecule has 0 spiro atoms. The SMILES string of the molecule is CCCNC(CS(=O)c1cccc(F)c1)C1CCCC1. The predicted molar refractivity (Wildman–Crippen MR) is 81.7 cm³/mol. The van der Waals surface area contributed by atoms with Crippen molar-refractivity contribution in [1.29, 1.82) is 0 Å². The van der Waals surface area contributed by atoms with E-state index in [2.05, 4.69) is 12.2 Å². The van der Waals surface area contributed by atoms with Crippen molar-refractivity contribution < 1.29 is 8.60 Å². The van der Waals surface area contributed by atoms with Crippen LogP contribution in [0.15, 0.2) is 29.2 Å². The molecule has 4 heteroatoms. The summed E-state index contributed by atoms with van der Waals surface area (Å²) in [6, 6.07) is 6.46. The minimum absolute atomic E-state index is 0.293. The Balaban J connectivity index is 2.00. The zero-order valence-electron chi connectivity index (χ0n) is 12.1. The van der Waals surface area contributed by atoms with E-state index in [0.717, 1.165) is 13.0 Å². The molecule has 1 aliphatic carbocycles. The van der Waals surface area contributed by atoms with Crippen LogP contribution in [-0.4, -0.2) is 22.5 Å². The Bertz CT molecular complexity index is 446. The van der Waals surface area contributed by atoms with Gasteiger partial charge in [0.1, 0.15) is 5.82 Å². The van der Waals surface area contributed by atoms with Crippen molar-refractivity contribution in [2.75, 3.05) is 12.3 Å². The summed E-state index contributed by atoms with van der Waals surface area (Å²) in [6.45, 7) is 3.10. The van der Waals surface area contributed by atoms with Gasteiger partial charge in [-0.25, -0.2) is 4.39 Å². The van der Waals surface area contributed by atoms with Crippen molar-refractivity contribution in [3.8, 4) is 0 Å². The first kappa shape index (κ1) is 15.6. The summed E-state index contributed by atoms with van der Waals surface area (Å²) in [4.78, 5) is 0.603. The molecule has 2 rings (SSSR count). The fourth-order valence-electron chi connectivity index (χ4n) is 2.92. The molecule has 0 heterocycles. The molecular formula is C16H24FNOS. The molecule has 1 fully saturated rings. The van der Waals surface area contributed by atoms with Crippen LogP contribution in [0.5, 0.6) is 0 Å². The van der Waals surface area contributed by atoms with E-state index in [1.165, 1.54) is 37.8 Å². The van der Waals surface area contributed by atoms with Gasteiger partial charge in [0.2, 0.25) is 0 Å². The Labute approximate surface area is 123 Å². The van der Waals surface area contributed by atoms with Crippen molar-refractivity contribution in [2.45, 2.75) is 50.0 Å². The van der Waals surface area contributed by atoms with Crippen LogP contribution in [0.4, 0.5) is 4.39 Å². The first-order valence-electron chi connectivity index (χ1n) is 7.58. The zero-order valence-corrected chi connectivity index (χ0v) is 12.9. The zero-order chi connectivity index (χ0) is 14.4. The topological polar surface area (TPSA) is 29.1 Å². The third kappa shape index (κ3) is 4.38. The molecule has 0 aliphatic heterocycles. The summed E-state index contributed by atoms with van der Waals surface area (Å²) in [5, 5.41) is 3.54. The van der Waals surface area contributed by atoms with E-state index < -0.39 is 10.8 Å². The van der Waals surface area contributed by atoms with Crippen LogP contribution in [-0.2, 0) is 10.8 Å². The Kier molecular flexibility index (Phi) is 6.17. The Morgan fingerprint density at radius 3 is 2.80 bits per heavy atom. The quantitative estimate of drug-likeness (QED) is 0.834. The van der Waals surface area contributed by atoms with Crippen LogP contribution in [0.2, 0.25) is 0 Å². The van der Waals surface area contributed by atoms with Crippen molar-refractivity contribution in [1.82, 2.24) is 5.32 Å². The van der Waals surface area contributed by atoms with Crippen LogP contribution in [0, 0.1) is 11.7 Å². The van der Waals surface area contributed by atoms with Gasteiger partial charge in [0, 0.05) is 16.7 Å². The number of benzene rings is 1. The van der Waals surface area contributed by atoms with Gasteiger partial charge in [0.15, 0.2) is 0 Å². The molecule has 0 bridgehead atoms. The fourth-order valence-corrected chi connectivity index (χ4v) is 4.30. The Morgan fingerprint density at radius 2 is 2.15 bits per heavy atom. The molecule has 0 amide bonds. The third-order valence-electron chi connectivity index (χ3n) is 4.02. The number of hydrogen-bond donors (Lipinski definition) is 1. The van der Waals surface area contributed by atoms with E-state index >= 15 is 0 Å². The largest absolute Gasteiger partial charge is 0.313 e. The summed E-state index contributed by atoms with van der Waals surface area (Å²) in [5.74, 6) is 0.905. The maximum Gasteiger partial charge on any atom is 0.124 e. The molecule has 1 saturated carbocycles. The standard InChI is InChI=1S/C16H24FNOS/c1-2-10-18-16(13-6-3-4-7-13)12-20(19)15-9-5-8-14(17)11-15/h5,8-9,11,13,16,18H,2-4,6-7,10,12H2,1H3. The number of nitrogens with one attached hydrogen (secondary N) is 1. The molecule has 2 nitrogen and oxygen atoms in total. The summed E-state index contributed by atoms with van der Waals surface area (Å²) >= 11 is 0. The molecule has 0 saturated heterocycles. The van der Waals surface area contributed by atoms with Gasteiger partial charge in [-0.2, -0.15) is 0 Å². The highest BCUT2D eigenvalue weighted by Crippen LogP contribution is 2.28. The summed E-state index contributed by atoms with van der Waals surface area (Å²) in [6.07, 6.45) is 6.09. The van der Waals surface area contributed by atoms with E-state index in [1.54, 1.807) is 12.1 Å². The molecule has 2 atom stereocenters. The van der Waals surface area contributed by atoms with Gasteiger partial charge in [-0.15, -0.1) is 0 Å². The van der Waals surface area contributed by atoms with Crippen molar-refractivity contribution >= 4 is 10.8 Å². The molecule has 20 heavy (non-hydrogen) atoms. The second-order valence-corrected chi connectivity index (χ2v) is 7.07. The van der Waals surface area contributed by atoms with Gasteiger partial charge >= 0.3 is 0 Å². The molecule has 112 valence electrons. The lowest BCUT2D eigenvalue weighted by Gasteiger charge is -2.24. The number of hydrogen-bond acceptors (Lipinski definition) is 2. The van der Waals surface area contributed by atoms with Crippen LogP contribution in [0.25, 0.3) is 0 Å². The lowest BCUT2D eigenvalue weighted by atomic mass is 10.00. The average Bonchev–Trinajstić information content (AvgIpc) is 2.97. The van der Waals surface area contributed by atoms with Crippen LogP contribution in [0.1, 0.15) is 39.0 Å². The lowest BCUT2D eigenvalue weighted by Crippen LogP contribution is -2.40. The average molecular weight is 297 g/mol. The molecule has 2 unspecified atom stereocenters. The second-order valence-electron chi connectivity index (χ2n) is 5.57. The van der Waals surface area contributed by atoms with Crippen molar-refractivity contribution in [3.05, 3.63) is 30.1 Å². The van der Waals surface area contributed by atoms with Gasteiger partial charge in [0.05, 0.1) is 10.8 Å². The first-order valence-corrected chi connectivity index (χ1v) is 8.90. The molecule has 0 aromatic heterocycles. The summed E-state index contributed by atoms with van der Waals surface area (Å²) in [5.41, 5.74) is 0. The summed E-state index contributed by atoms with van der Waals surface area (Å²) in [7, 11) is -1.13. The minimum Gasteiger partial charge on any atom is -0.313 e. The lowest BCUT2D eigenvalue weighted by molar-refractivity contribution is 0.385. The number of rotatable bonds is 7. The van der Waals surface area contributed by atoms with E-state index in [4.69, 9.17) is 0 Å². The smallest absolute Gasteiger partial charge is 0.124 e. The highest BCUT2D eigenvalue weighted by Gasteiger charge is 2.26. The monoisotopic (exact) mass is 297 g/mol. The van der Waals surface area contributed by atoms with Crippen molar-refractivity contribution in [3.63, 3.8) is 0 Å². The molecule has 1 aliphatic rings. The normalized spacial score (nSPS) is 19.1. The van der Waals surface area contributed by atoms with Crippen LogP contribution < -0.4 is 5.32 Å². The molecular weight excluding hydrogens is 273 g/mol. The third-order valence-corrected chi connectivity index (χ3v) is 5.46. The van der Waals surface area contributed by atoms with E-state index in [9.17, 15) is 8.60 Å². The van der Waals surface area contributed by atoms with Gasteiger partial charge in [0.25, 0.3) is 0 Å². The van der Waals surface area contributed by atoms with E-state index in [0.29, 0.717) is 22.6 Å². The van der Waals surface area contributed by atoms with Crippen molar-refractivity contribution in [2.24, 2.45) is 5.92 Å². The summed E-state index contributed by atoms with van der Waals surface area (Å²) < 4.78 is 25.7. The maximum absolute atomic E-state index is 13.2. The van der Waals surface area contributed by atoms with Gasteiger partial charge in [-0.1, -0.05) is 25.8 Å². The first-order chi connectivity index (χ1) is 9.70. The molecule has 0 radical (unpaired) electrons. The fraction of sp³-hybridized carbons (Fsp3) is 0.625. The maximum atomic E-state index is 13.2. The van der Waals surface area contributed by atoms with Crippen LogP contribution >= 0.6 is 0 Å². The number of halogens is 1. The predicted octanol–water partition coefficient (Wildman–Crippen LogP) is 3.49. The van der Waals surface area contributed by atoms with Crippen LogP contribution in [0.3, 0.4) is 0 Å². The van der Waals surface area contributed by atoms with Gasteiger partial charge in [-0.3, -0.25) is 4.21 Å². The Hall–Kier alpha value is -0.740. The molecule has 1 N–H and O–H groups in total. The molecule has 1 aromatic rings. The van der Waals surface area contributed by atoms with E-state index in [-0.39, 0.29) is 5.82 Å². The highest BCUT2D eigenvalue weighted by molar-refractivity contribution is 7.85. The highest BCUT2D eigenvalue weighted by atomic mass is 32.2. The van der Waals surface area contributed by atoms with E-state index in [1.807, 2.05) is 0 Å². The van der Waals surface area contributed by atoms with Gasteiger partial charge < -0.3 is 5.32 Å². The molecule has 1 aromatic carbocycles. The Morgan fingerprint density at radius 1 is 1.40 bits per heavy atom. The minimum atomic E-state index is -1.13. The second kappa shape index (κ2) is 7.89.